The van der Waals surface area contributed by atoms with Gasteiger partial charge in [-0.05, 0) is 24.7 Å². The fourth-order valence-corrected chi connectivity index (χ4v) is 4.41. The van der Waals surface area contributed by atoms with Crippen molar-refractivity contribution in [3.05, 3.63) is 12.2 Å². The van der Waals surface area contributed by atoms with Gasteiger partial charge in [-0.1, -0.05) is 25.3 Å². The maximum absolute atomic E-state index is 12.1. The maximum atomic E-state index is 12.1. The van der Waals surface area contributed by atoms with Crippen LogP contribution in [0.15, 0.2) is 12.2 Å². The van der Waals surface area contributed by atoms with Gasteiger partial charge in [0.05, 0.1) is 20.0 Å². The molecule has 22 heavy (non-hydrogen) atoms. The zero-order valence-electron chi connectivity index (χ0n) is 13.0. The molecule has 0 saturated heterocycles. The summed E-state index contributed by atoms with van der Waals surface area (Å²) < 4.78 is 34.9. The topological polar surface area (TPSA) is 98.8 Å². The highest BCUT2D eigenvalue weighted by Gasteiger charge is 2.36. The van der Waals surface area contributed by atoms with Gasteiger partial charge >= 0.3 is 12.1 Å². The summed E-state index contributed by atoms with van der Waals surface area (Å²) in [6.45, 7) is 0. The summed E-state index contributed by atoms with van der Waals surface area (Å²) in [5.41, 5.74) is -0.470. The third kappa shape index (κ3) is 6.05. The number of sulfonamides is 1. The quantitative estimate of drug-likeness (QED) is 0.587. The summed E-state index contributed by atoms with van der Waals surface area (Å²) in [5, 5.41) is 0. The molecule has 0 aromatic heterocycles. The van der Waals surface area contributed by atoms with Crippen molar-refractivity contribution in [2.45, 2.75) is 38.5 Å². The molecule has 0 aliphatic heterocycles. The van der Waals surface area contributed by atoms with Gasteiger partial charge in [0.2, 0.25) is 10.0 Å². The number of ether oxygens (including phenoxy) is 2. The summed E-state index contributed by atoms with van der Waals surface area (Å²) in [5.74, 6) is -0.637. The van der Waals surface area contributed by atoms with Crippen molar-refractivity contribution in [2.75, 3.05) is 20.0 Å². The number of amides is 1. The lowest BCUT2D eigenvalue weighted by Crippen LogP contribution is -2.40. The van der Waals surface area contributed by atoms with Crippen LogP contribution >= 0.6 is 0 Å². The van der Waals surface area contributed by atoms with Crippen molar-refractivity contribution < 1.29 is 27.5 Å². The molecule has 0 aromatic rings. The minimum absolute atomic E-state index is 0.166. The van der Waals surface area contributed by atoms with Crippen molar-refractivity contribution in [3.8, 4) is 0 Å². The molecular formula is C14H23NO6S. The second kappa shape index (κ2) is 8.17. The SMILES string of the molecule is COC(=O)/C=C/CC1(CS(=O)(=O)NC(=O)OC)CCCCC1. The predicted octanol–water partition coefficient (Wildman–Crippen LogP) is 1.74. The first-order chi connectivity index (χ1) is 10.3. The van der Waals surface area contributed by atoms with E-state index in [2.05, 4.69) is 9.47 Å². The number of carbonyl (C=O) groups excluding carboxylic acids is 2. The minimum Gasteiger partial charge on any atom is -0.466 e. The number of hydrogen-bond acceptors (Lipinski definition) is 6. The molecule has 1 fully saturated rings. The van der Waals surface area contributed by atoms with Gasteiger partial charge in [0, 0.05) is 6.08 Å². The van der Waals surface area contributed by atoms with Gasteiger partial charge in [-0.3, -0.25) is 0 Å². The first-order valence-electron chi connectivity index (χ1n) is 7.15. The Morgan fingerprint density at radius 1 is 1.14 bits per heavy atom. The van der Waals surface area contributed by atoms with Gasteiger partial charge in [-0.15, -0.1) is 0 Å². The molecule has 1 aliphatic rings. The Balaban J connectivity index is 2.81. The summed E-state index contributed by atoms with van der Waals surface area (Å²) in [6.07, 6.45) is 6.80. The van der Waals surface area contributed by atoms with Crippen LogP contribution in [0, 0.1) is 5.41 Å². The summed E-state index contributed by atoms with van der Waals surface area (Å²) in [7, 11) is -1.38. The number of nitrogens with one attached hydrogen (secondary N) is 1. The van der Waals surface area contributed by atoms with Gasteiger partial charge in [0.1, 0.15) is 0 Å². The van der Waals surface area contributed by atoms with Gasteiger partial charge < -0.3 is 9.47 Å². The number of esters is 1. The van der Waals surface area contributed by atoms with Crippen LogP contribution in [0.5, 0.6) is 0 Å². The first-order valence-corrected chi connectivity index (χ1v) is 8.81. The van der Waals surface area contributed by atoms with E-state index >= 15 is 0 Å². The maximum Gasteiger partial charge on any atom is 0.420 e. The average Bonchev–Trinajstić information content (AvgIpc) is 2.46. The molecule has 0 unspecified atom stereocenters. The molecule has 1 amide bonds. The van der Waals surface area contributed by atoms with Gasteiger partial charge in [0.25, 0.3) is 0 Å². The van der Waals surface area contributed by atoms with Crippen LogP contribution in [0.1, 0.15) is 38.5 Å². The van der Waals surface area contributed by atoms with Crippen LogP contribution in [0.3, 0.4) is 0 Å². The zero-order chi connectivity index (χ0) is 16.6. The monoisotopic (exact) mass is 333 g/mol. The van der Waals surface area contributed by atoms with E-state index in [1.807, 2.05) is 4.72 Å². The first kappa shape index (κ1) is 18.5. The molecule has 126 valence electrons. The van der Waals surface area contributed by atoms with Crippen LogP contribution in [0.25, 0.3) is 0 Å². The number of allylic oxidation sites excluding steroid dienone is 1. The number of hydrogen-bond donors (Lipinski definition) is 1. The van der Waals surface area contributed by atoms with Crippen LogP contribution < -0.4 is 4.72 Å². The number of carbonyl (C=O) groups is 2. The van der Waals surface area contributed by atoms with Crippen molar-refractivity contribution in [3.63, 3.8) is 0 Å². The molecule has 1 aliphatic carbocycles. The van der Waals surface area contributed by atoms with E-state index in [1.54, 1.807) is 6.08 Å². The summed E-state index contributed by atoms with van der Waals surface area (Å²) in [4.78, 5) is 22.3. The minimum atomic E-state index is -3.78. The Kier molecular flexibility index (Phi) is 6.86. The lowest BCUT2D eigenvalue weighted by molar-refractivity contribution is -0.134. The van der Waals surface area contributed by atoms with E-state index in [9.17, 15) is 18.0 Å². The van der Waals surface area contributed by atoms with Gasteiger partial charge in [-0.2, -0.15) is 0 Å². The second-order valence-corrected chi connectivity index (χ2v) is 7.27. The highest BCUT2D eigenvalue weighted by molar-refractivity contribution is 7.90. The molecule has 0 aromatic carbocycles. The lowest BCUT2D eigenvalue weighted by Gasteiger charge is -2.36. The van der Waals surface area contributed by atoms with E-state index in [0.29, 0.717) is 6.42 Å². The van der Waals surface area contributed by atoms with Crippen LogP contribution in [0.4, 0.5) is 4.79 Å². The molecule has 1 N–H and O–H groups in total. The van der Waals surface area contributed by atoms with Crippen LogP contribution in [-0.4, -0.2) is 40.5 Å². The summed E-state index contributed by atoms with van der Waals surface area (Å²) >= 11 is 0. The normalized spacial score (nSPS) is 17.9. The van der Waals surface area contributed by atoms with E-state index in [0.717, 1.165) is 39.2 Å². The number of rotatable bonds is 6. The Labute approximate surface area is 131 Å². The Morgan fingerprint density at radius 3 is 2.32 bits per heavy atom. The molecule has 0 radical (unpaired) electrons. The van der Waals surface area contributed by atoms with Crippen molar-refractivity contribution in [2.24, 2.45) is 5.41 Å². The molecule has 0 heterocycles. The molecular weight excluding hydrogens is 310 g/mol. The lowest BCUT2D eigenvalue weighted by atomic mass is 9.73. The Bertz CT molecular complexity index is 519. The van der Waals surface area contributed by atoms with E-state index in [1.165, 1.54) is 13.2 Å². The standard InChI is InChI=1S/C14H23NO6S/c1-20-12(16)7-6-10-14(8-4-3-5-9-14)11-22(18,19)15-13(17)21-2/h6-7H,3-5,8-11H2,1-2H3,(H,15,17)/b7-6+. The zero-order valence-corrected chi connectivity index (χ0v) is 13.8. The van der Waals surface area contributed by atoms with E-state index in [-0.39, 0.29) is 5.75 Å². The van der Waals surface area contributed by atoms with Crippen molar-refractivity contribution in [1.82, 2.24) is 4.72 Å². The van der Waals surface area contributed by atoms with Crippen LogP contribution in [-0.2, 0) is 24.3 Å². The molecule has 0 bridgehead atoms. The van der Waals surface area contributed by atoms with E-state index < -0.39 is 27.5 Å². The Hall–Kier alpha value is -1.57. The number of methoxy groups -OCH3 is 2. The largest absolute Gasteiger partial charge is 0.466 e. The predicted molar refractivity (Wildman–Crippen MR) is 80.6 cm³/mol. The Morgan fingerprint density at radius 2 is 1.77 bits per heavy atom. The molecule has 8 heteroatoms. The fraction of sp³-hybridized carbons (Fsp3) is 0.714. The van der Waals surface area contributed by atoms with Crippen molar-refractivity contribution in [1.29, 1.82) is 0 Å². The third-order valence-corrected chi connectivity index (χ3v) is 5.31. The van der Waals surface area contributed by atoms with Gasteiger partial charge in [-0.25, -0.2) is 22.7 Å². The average molecular weight is 333 g/mol. The molecule has 1 saturated carbocycles. The highest BCUT2D eigenvalue weighted by atomic mass is 32.2. The third-order valence-electron chi connectivity index (χ3n) is 3.84. The van der Waals surface area contributed by atoms with E-state index in [4.69, 9.17) is 0 Å². The van der Waals surface area contributed by atoms with Gasteiger partial charge in [0.15, 0.2) is 0 Å². The molecule has 0 atom stereocenters. The smallest absolute Gasteiger partial charge is 0.420 e. The summed E-state index contributed by atoms with van der Waals surface area (Å²) in [6, 6.07) is 0. The molecule has 7 nitrogen and oxygen atoms in total. The highest BCUT2D eigenvalue weighted by Crippen LogP contribution is 2.40. The molecule has 1 rings (SSSR count). The van der Waals surface area contributed by atoms with Crippen molar-refractivity contribution >= 4 is 22.1 Å². The fourth-order valence-electron chi connectivity index (χ4n) is 2.79. The van der Waals surface area contributed by atoms with Crippen LogP contribution in [0.2, 0.25) is 0 Å². The molecule has 0 spiro atoms. The second-order valence-electron chi connectivity index (χ2n) is 5.54.